The molecule has 2 rings (SSSR count). The molecule has 1 aromatic rings. The average Bonchev–Trinajstić information content (AvgIpc) is 2.97. The fraction of sp³-hybridized carbons (Fsp3) is 0.533. The molecule has 1 aliphatic rings. The van der Waals surface area contributed by atoms with Crippen molar-refractivity contribution >= 4 is 5.91 Å². The van der Waals surface area contributed by atoms with Gasteiger partial charge in [-0.25, -0.2) is 0 Å². The van der Waals surface area contributed by atoms with Crippen molar-refractivity contribution in [2.45, 2.75) is 31.9 Å². The number of nitrogens with zero attached hydrogens (tertiary/aromatic N) is 1. The van der Waals surface area contributed by atoms with Gasteiger partial charge in [0.05, 0.1) is 6.10 Å². The zero-order chi connectivity index (χ0) is 13.7. The first kappa shape index (κ1) is 14.0. The lowest BCUT2D eigenvalue weighted by atomic mass is 10.1. The minimum absolute atomic E-state index is 0.0239. The third kappa shape index (κ3) is 3.55. The lowest BCUT2D eigenvalue weighted by molar-refractivity contribution is -0.134. The summed E-state index contributed by atoms with van der Waals surface area (Å²) in [5.74, 6) is -0.0239. The van der Waals surface area contributed by atoms with Crippen LogP contribution in [0.4, 0.5) is 0 Å². The molecule has 0 aromatic heterocycles. The number of hydrogen-bond acceptors (Lipinski definition) is 3. The number of ether oxygens (including phenoxy) is 1. The van der Waals surface area contributed by atoms with E-state index in [1.54, 1.807) is 4.90 Å². The van der Waals surface area contributed by atoms with Crippen LogP contribution in [-0.4, -0.2) is 36.6 Å². The largest absolute Gasteiger partial charge is 0.376 e. The van der Waals surface area contributed by atoms with Gasteiger partial charge in [0.25, 0.3) is 0 Å². The van der Waals surface area contributed by atoms with Crippen LogP contribution in [-0.2, 0) is 9.53 Å². The van der Waals surface area contributed by atoms with E-state index in [2.05, 4.69) is 0 Å². The fourth-order valence-corrected chi connectivity index (χ4v) is 2.41. The average molecular weight is 262 g/mol. The Kier molecular flexibility index (Phi) is 4.93. The van der Waals surface area contributed by atoms with Gasteiger partial charge in [0, 0.05) is 19.7 Å². The summed E-state index contributed by atoms with van der Waals surface area (Å²) >= 11 is 0. The van der Waals surface area contributed by atoms with Crippen LogP contribution in [0.15, 0.2) is 30.3 Å². The number of rotatable bonds is 5. The third-order valence-corrected chi connectivity index (χ3v) is 3.57. The van der Waals surface area contributed by atoms with Crippen molar-refractivity contribution in [3.63, 3.8) is 0 Å². The molecule has 1 fully saturated rings. The molecule has 1 aromatic carbocycles. The van der Waals surface area contributed by atoms with Crippen molar-refractivity contribution < 1.29 is 9.53 Å². The Labute approximate surface area is 114 Å². The monoisotopic (exact) mass is 262 g/mol. The maximum absolute atomic E-state index is 12.4. The predicted molar refractivity (Wildman–Crippen MR) is 74.6 cm³/mol. The molecular weight excluding hydrogens is 240 g/mol. The smallest absolute Gasteiger partial charge is 0.244 e. The van der Waals surface area contributed by atoms with Crippen molar-refractivity contribution in [1.29, 1.82) is 0 Å². The van der Waals surface area contributed by atoms with Gasteiger partial charge < -0.3 is 15.4 Å². The fourth-order valence-electron chi connectivity index (χ4n) is 2.41. The maximum Gasteiger partial charge on any atom is 0.244 e. The molecule has 0 saturated carbocycles. The summed E-state index contributed by atoms with van der Waals surface area (Å²) in [5, 5.41) is 0. The van der Waals surface area contributed by atoms with E-state index >= 15 is 0 Å². The van der Waals surface area contributed by atoms with Crippen molar-refractivity contribution in [3.8, 4) is 0 Å². The van der Waals surface area contributed by atoms with E-state index in [0.717, 1.165) is 25.0 Å². The first-order valence-corrected chi connectivity index (χ1v) is 6.93. The Bertz CT molecular complexity index is 402. The lowest BCUT2D eigenvalue weighted by Gasteiger charge is -2.26. The molecule has 19 heavy (non-hydrogen) atoms. The second-order valence-corrected chi connectivity index (χ2v) is 4.90. The summed E-state index contributed by atoms with van der Waals surface area (Å²) < 4.78 is 5.59. The summed E-state index contributed by atoms with van der Waals surface area (Å²) in [7, 11) is 0. The first-order valence-electron chi connectivity index (χ1n) is 6.93. The number of carbonyl (C=O) groups is 1. The Balaban J connectivity index is 1.99. The van der Waals surface area contributed by atoms with Crippen LogP contribution in [0, 0.1) is 0 Å². The Hall–Kier alpha value is -1.39. The Morgan fingerprint density at radius 1 is 1.47 bits per heavy atom. The van der Waals surface area contributed by atoms with Crippen LogP contribution >= 0.6 is 0 Å². The molecule has 1 amide bonds. The molecule has 0 spiro atoms. The molecular formula is C15H22N2O2. The Morgan fingerprint density at radius 3 is 2.79 bits per heavy atom. The van der Waals surface area contributed by atoms with Crippen LogP contribution in [0.3, 0.4) is 0 Å². The lowest BCUT2D eigenvalue weighted by Crippen LogP contribution is -2.42. The summed E-state index contributed by atoms with van der Waals surface area (Å²) in [6.45, 7) is 4.10. The Morgan fingerprint density at radius 2 is 2.21 bits per heavy atom. The second-order valence-electron chi connectivity index (χ2n) is 4.90. The zero-order valence-electron chi connectivity index (χ0n) is 11.4. The maximum atomic E-state index is 12.4. The molecule has 2 N–H and O–H groups in total. The highest BCUT2D eigenvalue weighted by Crippen LogP contribution is 2.17. The van der Waals surface area contributed by atoms with E-state index in [1.807, 2.05) is 37.3 Å². The second kappa shape index (κ2) is 6.68. The molecule has 4 nitrogen and oxygen atoms in total. The number of benzene rings is 1. The molecule has 1 unspecified atom stereocenters. The highest BCUT2D eigenvalue weighted by molar-refractivity contribution is 5.83. The summed E-state index contributed by atoms with van der Waals surface area (Å²) in [4.78, 5) is 14.2. The molecule has 104 valence electrons. The molecule has 1 aliphatic heterocycles. The quantitative estimate of drug-likeness (QED) is 0.879. The normalized spacial score (nSPS) is 20.2. The number of hydrogen-bond donors (Lipinski definition) is 1. The van der Waals surface area contributed by atoms with Gasteiger partial charge in [0.1, 0.15) is 6.04 Å². The molecule has 0 radical (unpaired) electrons. The zero-order valence-corrected chi connectivity index (χ0v) is 11.4. The van der Waals surface area contributed by atoms with E-state index < -0.39 is 6.04 Å². The molecule has 1 saturated heterocycles. The summed E-state index contributed by atoms with van der Waals surface area (Å²) in [5.41, 5.74) is 6.92. The van der Waals surface area contributed by atoms with Crippen molar-refractivity contribution in [2.75, 3.05) is 19.7 Å². The minimum Gasteiger partial charge on any atom is -0.376 e. The van der Waals surface area contributed by atoms with Gasteiger partial charge in [-0.3, -0.25) is 4.79 Å². The molecule has 1 heterocycles. The van der Waals surface area contributed by atoms with Gasteiger partial charge in [-0.05, 0) is 25.3 Å². The third-order valence-electron chi connectivity index (χ3n) is 3.57. The predicted octanol–water partition coefficient (Wildman–Crippen LogP) is 1.71. The van der Waals surface area contributed by atoms with Gasteiger partial charge >= 0.3 is 0 Å². The van der Waals surface area contributed by atoms with Gasteiger partial charge in [-0.2, -0.15) is 0 Å². The minimum atomic E-state index is -0.581. The van der Waals surface area contributed by atoms with Crippen LogP contribution in [0.25, 0.3) is 0 Å². The topological polar surface area (TPSA) is 55.6 Å². The van der Waals surface area contributed by atoms with Gasteiger partial charge in [0.2, 0.25) is 5.91 Å². The summed E-state index contributed by atoms with van der Waals surface area (Å²) in [6, 6.07) is 8.93. The van der Waals surface area contributed by atoms with Crippen molar-refractivity contribution in [1.82, 2.24) is 4.90 Å². The molecule has 2 atom stereocenters. The van der Waals surface area contributed by atoms with Crippen molar-refractivity contribution in [2.24, 2.45) is 5.73 Å². The standard InChI is InChI=1S/C15H22N2O2/c1-2-17(11-13-9-6-10-19-13)15(18)14(16)12-7-4-3-5-8-12/h3-5,7-8,13-14H,2,6,9-11,16H2,1H3/t13?,14-/m0/s1. The summed E-state index contributed by atoms with van der Waals surface area (Å²) in [6.07, 6.45) is 2.29. The van der Waals surface area contributed by atoms with Crippen LogP contribution in [0.1, 0.15) is 31.4 Å². The first-order chi connectivity index (χ1) is 9.22. The van der Waals surface area contributed by atoms with Gasteiger partial charge in [-0.1, -0.05) is 30.3 Å². The molecule has 4 heteroatoms. The number of amides is 1. The highest BCUT2D eigenvalue weighted by Gasteiger charge is 2.25. The number of carbonyl (C=O) groups excluding carboxylic acids is 1. The van der Waals surface area contributed by atoms with Crippen LogP contribution in [0.5, 0.6) is 0 Å². The van der Waals surface area contributed by atoms with Gasteiger partial charge in [0.15, 0.2) is 0 Å². The molecule has 0 aliphatic carbocycles. The van der Waals surface area contributed by atoms with Crippen LogP contribution < -0.4 is 5.73 Å². The van der Waals surface area contributed by atoms with E-state index in [0.29, 0.717) is 13.1 Å². The van der Waals surface area contributed by atoms with Crippen molar-refractivity contribution in [3.05, 3.63) is 35.9 Å². The van der Waals surface area contributed by atoms with E-state index in [1.165, 1.54) is 0 Å². The van der Waals surface area contributed by atoms with E-state index in [-0.39, 0.29) is 12.0 Å². The van der Waals surface area contributed by atoms with E-state index in [9.17, 15) is 4.79 Å². The number of nitrogens with two attached hydrogens (primary N) is 1. The SMILES string of the molecule is CCN(CC1CCCO1)C(=O)[C@@H](N)c1ccccc1. The highest BCUT2D eigenvalue weighted by atomic mass is 16.5. The van der Waals surface area contributed by atoms with Crippen LogP contribution in [0.2, 0.25) is 0 Å². The number of likely N-dealkylation sites (N-methyl/N-ethyl adjacent to an activating group) is 1. The van der Waals surface area contributed by atoms with Gasteiger partial charge in [-0.15, -0.1) is 0 Å². The van der Waals surface area contributed by atoms with E-state index in [4.69, 9.17) is 10.5 Å². The molecule has 0 bridgehead atoms.